The molecule has 0 aliphatic rings. The SMILES string of the molecule is C=C/C=C\C(C)N(C)C(=NC(=N)c1cc(C#N)ccc1-n1c2ccc(-c3ccccc3)cc2c2cc(-c3ccccc3)ccc21)c1ccc(-c2ccc(-n3c4ccc(-c5ccccc5)cc4c4cc(-c5ccccc5)ccc43)c(C#N)c2)cc1-n1c2ccc(-c3ccccc3)cc2c2cc(-c3ccccc3)ccc21. The Morgan fingerprint density at radius 1 is 0.349 bits per heavy atom. The smallest absolute Gasteiger partial charge is 0.156 e. The van der Waals surface area contributed by atoms with Gasteiger partial charge in [0.05, 0.1) is 67.4 Å². The second-order valence-electron chi connectivity index (χ2n) is 27.8. The predicted octanol–water partition coefficient (Wildman–Crippen LogP) is 25.2. The van der Waals surface area contributed by atoms with Gasteiger partial charge in [-0.25, -0.2) is 4.99 Å². The summed E-state index contributed by atoms with van der Waals surface area (Å²) in [5, 5.41) is 39.6. The van der Waals surface area contributed by atoms with Crippen LogP contribution in [0.25, 0.3) is 160 Å². The van der Waals surface area contributed by atoms with Crippen molar-refractivity contribution in [2.24, 2.45) is 4.99 Å². The number of aromatic nitrogens is 3. The largest absolute Gasteiger partial charge is 0.353 e. The standard InChI is InChI=1S/C101H70N8/c1-4-5-24-66(2)106(3)101(105-100(104)90-55-67(64-102)37-47-98(90)108-94-51-42-77(70-29-16-8-17-30-70)59-86(94)87-60-78(43-52-95(87)108)71-31-18-9-19-32-71)83-46-38-81(63-99(83)109-96-53-44-79(72-33-20-10-21-34-72)61-88(96)89-62-80(45-54-97(89)109)73-35-22-11-23-36-73)74-39-48-91(82(56-74)65-103)107-92-49-40-75(68-25-12-6-13-26-68)57-84(92)85-58-76(41-50-93(85)107)69-27-14-7-15-28-69/h4-63,66,104H,1H2,2-3H3/b24-5-,104-100?,105-101?. The van der Waals surface area contributed by atoms with Gasteiger partial charge in [0.1, 0.15) is 11.9 Å². The summed E-state index contributed by atoms with van der Waals surface area (Å²) in [4.78, 5) is 7.76. The minimum absolute atomic E-state index is 0.0465. The van der Waals surface area contributed by atoms with E-state index in [-0.39, 0.29) is 11.9 Å². The van der Waals surface area contributed by atoms with Crippen molar-refractivity contribution in [2.45, 2.75) is 13.0 Å². The Balaban J connectivity index is 0.862. The number of benzene rings is 15. The zero-order valence-electron chi connectivity index (χ0n) is 60.1. The molecule has 0 aliphatic heterocycles. The highest BCUT2D eigenvalue weighted by Crippen LogP contribution is 2.44. The molecule has 1 unspecified atom stereocenters. The Morgan fingerprint density at radius 3 is 1.01 bits per heavy atom. The van der Waals surface area contributed by atoms with Gasteiger partial charge in [0.2, 0.25) is 0 Å². The molecule has 0 fully saturated rings. The van der Waals surface area contributed by atoms with Gasteiger partial charge in [0, 0.05) is 56.5 Å². The Kier molecular flexibility index (Phi) is 17.1. The van der Waals surface area contributed by atoms with Crippen LogP contribution in [-0.4, -0.2) is 43.4 Å². The van der Waals surface area contributed by atoms with E-state index in [4.69, 9.17) is 4.99 Å². The van der Waals surface area contributed by atoms with E-state index in [9.17, 15) is 15.9 Å². The van der Waals surface area contributed by atoms with Gasteiger partial charge in [-0.1, -0.05) is 255 Å². The van der Waals surface area contributed by atoms with Crippen molar-refractivity contribution in [1.82, 2.24) is 18.6 Å². The normalized spacial score (nSPS) is 12.0. The van der Waals surface area contributed by atoms with E-state index in [1.54, 1.807) is 12.1 Å². The third-order valence-corrected chi connectivity index (χ3v) is 21.4. The van der Waals surface area contributed by atoms with Crippen molar-refractivity contribution >= 4 is 77.1 Å². The highest BCUT2D eigenvalue weighted by molar-refractivity contribution is 6.18. The summed E-state index contributed by atoms with van der Waals surface area (Å²) < 4.78 is 6.82. The fraction of sp³-hybridized carbons (Fsp3) is 0.0297. The van der Waals surface area contributed by atoms with Crippen LogP contribution in [0.3, 0.4) is 0 Å². The highest BCUT2D eigenvalue weighted by Gasteiger charge is 2.27. The van der Waals surface area contributed by atoms with Crippen LogP contribution in [0.2, 0.25) is 0 Å². The van der Waals surface area contributed by atoms with Crippen LogP contribution in [0.5, 0.6) is 0 Å². The van der Waals surface area contributed by atoms with Gasteiger partial charge in [-0.05, 0) is 200 Å². The van der Waals surface area contributed by atoms with Crippen LogP contribution in [0.4, 0.5) is 0 Å². The third-order valence-electron chi connectivity index (χ3n) is 21.4. The molecule has 15 aromatic carbocycles. The van der Waals surface area contributed by atoms with E-state index in [1.165, 1.54) is 0 Å². The van der Waals surface area contributed by atoms with Gasteiger partial charge in [-0.3, -0.25) is 5.41 Å². The van der Waals surface area contributed by atoms with Crippen molar-refractivity contribution in [1.29, 1.82) is 15.9 Å². The Labute approximate surface area is 632 Å². The molecule has 0 radical (unpaired) electrons. The molecule has 1 N–H and O–H groups in total. The lowest BCUT2D eigenvalue weighted by Crippen LogP contribution is -2.36. The molecule has 0 saturated carbocycles. The third kappa shape index (κ3) is 12.0. The average molecular weight is 1400 g/mol. The Morgan fingerprint density at radius 2 is 0.661 bits per heavy atom. The lowest BCUT2D eigenvalue weighted by Gasteiger charge is -2.28. The van der Waals surface area contributed by atoms with Gasteiger partial charge in [-0.2, -0.15) is 10.5 Å². The highest BCUT2D eigenvalue weighted by atomic mass is 15.2. The Hall–Kier alpha value is -14.7. The average Bonchev–Trinajstić information content (AvgIpc) is 1.60. The molecule has 0 aliphatic carbocycles. The van der Waals surface area contributed by atoms with Gasteiger partial charge in [-0.15, -0.1) is 0 Å². The number of amidine groups is 2. The van der Waals surface area contributed by atoms with Crippen LogP contribution in [0, 0.1) is 28.1 Å². The van der Waals surface area contributed by atoms with Gasteiger partial charge < -0.3 is 18.6 Å². The van der Waals surface area contributed by atoms with Crippen molar-refractivity contribution in [3.05, 3.63) is 393 Å². The zero-order valence-corrected chi connectivity index (χ0v) is 60.1. The first-order valence-electron chi connectivity index (χ1n) is 36.7. The topological polar surface area (TPSA) is 102 Å². The minimum atomic E-state index is -0.279. The quantitative estimate of drug-likeness (QED) is 0.0628. The monoisotopic (exact) mass is 1390 g/mol. The maximum Gasteiger partial charge on any atom is 0.156 e. The molecule has 8 heteroatoms. The van der Waals surface area contributed by atoms with E-state index >= 15 is 0 Å². The van der Waals surface area contributed by atoms with E-state index in [0.717, 1.165) is 160 Å². The summed E-state index contributed by atoms with van der Waals surface area (Å²) >= 11 is 0. The number of hydrogen-bond donors (Lipinski definition) is 1. The fourth-order valence-electron chi connectivity index (χ4n) is 15.8. The molecule has 0 spiro atoms. The molecule has 18 aromatic rings. The first-order chi connectivity index (χ1) is 53.7. The summed E-state index contributed by atoms with van der Waals surface area (Å²) in [5.41, 5.74) is 25.0. The predicted molar refractivity (Wildman–Crippen MR) is 453 cm³/mol. The molecule has 18 rings (SSSR count). The summed E-state index contributed by atoms with van der Waals surface area (Å²) in [5.74, 6) is 0.459. The van der Waals surface area contributed by atoms with Crippen LogP contribution >= 0.6 is 0 Å². The molecular weight excluding hydrogens is 1330 g/mol. The molecule has 514 valence electrons. The molecule has 3 aromatic heterocycles. The number of hydrogen-bond acceptors (Lipinski definition) is 3. The Bertz CT molecular complexity index is 6500. The molecular formula is C101H70N8. The van der Waals surface area contributed by atoms with Crippen molar-refractivity contribution in [3.63, 3.8) is 0 Å². The lowest BCUT2D eigenvalue weighted by molar-refractivity contribution is 0.454. The van der Waals surface area contributed by atoms with E-state index in [1.807, 2.05) is 67.7 Å². The molecule has 8 nitrogen and oxygen atoms in total. The first-order valence-corrected chi connectivity index (χ1v) is 36.7. The first kappa shape index (κ1) is 66.3. The van der Waals surface area contributed by atoms with Crippen LogP contribution in [0.15, 0.2) is 376 Å². The van der Waals surface area contributed by atoms with Crippen molar-refractivity contribution < 1.29 is 0 Å². The fourth-order valence-corrected chi connectivity index (χ4v) is 15.8. The van der Waals surface area contributed by atoms with E-state index < -0.39 is 0 Å². The summed E-state index contributed by atoms with van der Waals surface area (Å²) in [6.45, 7) is 6.19. The maximum absolute atomic E-state index is 11.6. The van der Waals surface area contributed by atoms with E-state index in [2.05, 4.69) is 335 Å². The van der Waals surface area contributed by atoms with Gasteiger partial charge >= 0.3 is 0 Å². The molecule has 109 heavy (non-hydrogen) atoms. The van der Waals surface area contributed by atoms with Crippen LogP contribution in [0.1, 0.15) is 29.2 Å². The number of allylic oxidation sites excluding steroid dienone is 2. The van der Waals surface area contributed by atoms with Crippen LogP contribution in [-0.2, 0) is 0 Å². The summed E-state index contributed by atoms with van der Waals surface area (Å²) in [6.07, 6.45) is 5.80. The number of nitrogens with one attached hydrogen (secondary N) is 1. The maximum atomic E-state index is 11.6. The van der Waals surface area contributed by atoms with Gasteiger partial charge in [0.15, 0.2) is 5.84 Å². The zero-order chi connectivity index (χ0) is 73.6. The van der Waals surface area contributed by atoms with E-state index in [0.29, 0.717) is 28.2 Å². The number of rotatable bonds is 15. The van der Waals surface area contributed by atoms with Gasteiger partial charge in [0.25, 0.3) is 0 Å². The molecule has 0 saturated heterocycles. The number of nitriles is 2. The second-order valence-corrected chi connectivity index (χ2v) is 27.8. The summed E-state index contributed by atoms with van der Waals surface area (Å²) in [6, 6.07) is 126. The molecule has 0 bridgehead atoms. The number of fused-ring (bicyclic) bond motifs is 9. The van der Waals surface area contributed by atoms with Crippen molar-refractivity contribution in [2.75, 3.05) is 7.05 Å². The number of nitrogens with zero attached hydrogens (tertiary/aromatic N) is 7. The lowest BCUT2D eigenvalue weighted by atomic mass is 9.98. The van der Waals surface area contributed by atoms with Crippen molar-refractivity contribution in [3.8, 4) is 107 Å². The number of aliphatic imine (C=N–C) groups is 1. The number of likely N-dealkylation sites (N-methyl/N-ethyl adjacent to an activating group) is 1. The molecule has 0 amide bonds. The van der Waals surface area contributed by atoms with Crippen LogP contribution < -0.4 is 0 Å². The molecule has 3 heterocycles. The molecule has 1 atom stereocenters. The second kappa shape index (κ2) is 28.1. The minimum Gasteiger partial charge on any atom is -0.353 e. The summed E-state index contributed by atoms with van der Waals surface area (Å²) in [7, 11) is 2.03.